The van der Waals surface area contributed by atoms with E-state index in [2.05, 4.69) is 55.5 Å². The molecule has 2 aromatic heterocycles. The molecular weight excluding hydrogens is 276 g/mol. The molecule has 0 bridgehead atoms. The van der Waals surface area contributed by atoms with Crippen LogP contribution in [-0.2, 0) is 6.42 Å². The predicted octanol–water partition coefficient (Wildman–Crippen LogP) is 4.80. The number of hydrogen-bond donors (Lipinski definition) is 1. The van der Waals surface area contributed by atoms with Gasteiger partial charge in [0.2, 0.25) is 0 Å². The van der Waals surface area contributed by atoms with Crippen LogP contribution in [0.4, 0.5) is 0 Å². The summed E-state index contributed by atoms with van der Waals surface area (Å²) >= 11 is 1.91. The molecule has 0 fully saturated rings. The molecule has 3 rings (SSSR count). The third kappa shape index (κ3) is 2.90. The van der Waals surface area contributed by atoms with Gasteiger partial charge in [-0.1, -0.05) is 0 Å². The van der Waals surface area contributed by atoms with Gasteiger partial charge in [0.25, 0.3) is 0 Å². The lowest BCUT2D eigenvalue weighted by Gasteiger charge is -2.28. The smallest absolute Gasteiger partial charge is 0.0426 e. The molecule has 0 spiro atoms. The van der Waals surface area contributed by atoms with E-state index in [0.717, 1.165) is 11.4 Å². The van der Waals surface area contributed by atoms with Crippen molar-refractivity contribution >= 4 is 11.3 Å². The van der Waals surface area contributed by atoms with Crippen molar-refractivity contribution in [3.05, 3.63) is 50.5 Å². The Bertz CT molecular complexity index is 621. The molecule has 112 valence electrons. The van der Waals surface area contributed by atoms with Crippen molar-refractivity contribution in [3.63, 3.8) is 0 Å². The highest BCUT2D eigenvalue weighted by Crippen LogP contribution is 2.35. The van der Waals surface area contributed by atoms with Gasteiger partial charge in [0.15, 0.2) is 0 Å². The zero-order chi connectivity index (χ0) is 15.0. The molecular formula is C18H24N2S. The van der Waals surface area contributed by atoms with Crippen molar-refractivity contribution in [2.45, 2.75) is 59.0 Å². The lowest BCUT2D eigenvalue weighted by atomic mass is 9.92. The fraction of sp³-hybridized carbons (Fsp3) is 0.500. The Morgan fingerprint density at radius 3 is 2.90 bits per heavy atom. The molecule has 0 aromatic carbocycles. The van der Waals surface area contributed by atoms with E-state index in [0.29, 0.717) is 12.1 Å². The van der Waals surface area contributed by atoms with Gasteiger partial charge in [0, 0.05) is 28.3 Å². The first-order valence-electron chi connectivity index (χ1n) is 7.83. The molecule has 2 unspecified atom stereocenters. The fourth-order valence-electron chi connectivity index (χ4n) is 3.73. The monoisotopic (exact) mass is 300 g/mol. The molecule has 1 aliphatic rings. The summed E-state index contributed by atoms with van der Waals surface area (Å²) in [4.78, 5) is 6.22. The molecule has 3 heteroatoms. The summed E-state index contributed by atoms with van der Waals surface area (Å²) in [6.07, 6.45) is 3.79. The highest BCUT2D eigenvalue weighted by molar-refractivity contribution is 7.10. The number of nitrogens with one attached hydrogen (secondary N) is 1. The molecule has 0 amide bonds. The third-order valence-corrected chi connectivity index (χ3v) is 5.52. The Labute approximate surface area is 131 Å². The number of aryl methyl sites for hydroxylation is 4. The molecule has 2 nitrogen and oxygen atoms in total. The average molecular weight is 300 g/mol. The quantitative estimate of drug-likeness (QED) is 0.881. The van der Waals surface area contributed by atoms with Crippen LogP contribution in [0.2, 0.25) is 0 Å². The van der Waals surface area contributed by atoms with Gasteiger partial charge in [-0.3, -0.25) is 4.98 Å². The summed E-state index contributed by atoms with van der Waals surface area (Å²) in [5.41, 5.74) is 6.50. The van der Waals surface area contributed by atoms with E-state index in [-0.39, 0.29) is 0 Å². The van der Waals surface area contributed by atoms with Crippen LogP contribution >= 0.6 is 11.3 Å². The lowest BCUT2D eigenvalue weighted by molar-refractivity contribution is 0.416. The SMILES string of the molecule is Cc1cc(C)c(C(C)NC2CCCc3sccc32)c(C)n1. The van der Waals surface area contributed by atoms with Gasteiger partial charge >= 0.3 is 0 Å². The molecule has 0 saturated heterocycles. The standard InChI is InChI=1S/C18H24N2S/c1-11-10-12(2)19-13(3)18(11)14(4)20-16-6-5-7-17-15(16)8-9-21-17/h8-10,14,16,20H,5-7H2,1-4H3. The van der Waals surface area contributed by atoms with Gasteiger partial charge in [-0.2, -0.15) is 0 Å². The highest BCUT2D eigenvalue weighted by Gasteiger charge is 2.24. The van der Waals surface area contributed by atoms with Gasteiger partial charge in [-0.05, 0) is 81.2 Å². The Hall–Kier alpha value is -1.19. The first kappa shape index (κ1) is 14.7. The molecule has 0 saturated carbocycles. The van der Waals surface area contributed by atoms with E-state index >= 15 is 0 Å². The average Bonchev–Trinajstić information content (AvgIpc) is 2.86. The van der Waals surface area contributed by atoms with E-state index in [9.17, 15) is 0 Å². The van der Waals surface area contributed by atoms with Crippen LogP contribution < -0.4 is 5.32 Å². The first-order valence-corrected chi connectivity index (χ1v) is 8.71. The minimum atomic E-state index is 0.342. The van der Waals surface area contributed by atoms with E-state index in [4.69, 9.17) is 0 Å². The Balaban J connectivity index is 1.84. The number of pyridine rings is 1. The summed E-state index contributed by atoms with van der Waals surface area (Å²) in [5, 5.41) is 6.08. The van der Waals surface area contributed by atoms with Gasteiger partial charge in [0.1, 0.15) is 0 Å². The molecule has 0 radical (unpaired) electrons. The van der Waals surface area contributed by atoms with Crippen LogP contribution in [0.1, 0.15) is 64.8 Å². The molecule has 0 aliphatic heterocycles. The number of fused-ring (bicyclic) bond motifs is 1. The van der Waals surface area contributed by atoms with Crippen LogP contribution in [-0.4, -0.2) is 4.98 Å². The van der Waals surface area contributed by atoms with Gasteiger partial charge in [-0.25, -0.2) is 0 Å². The molecule has 2 heterocycles. The largest absolute Gasteiger partial charge is 0.303 e. The highest BCUT2D eigenvalue weighted by atomic mass is 32.1. The maximum atomic E-state index is 4.64. The minimum absolute atomic E-state index is 0.342. The molecule has 2 aromatic rings. The maximum absolute atomic E-state index is 4.64. The van der Waals surface area contributed by atoms with Gasteiger partial charge < -0.3 is 5.32 Å². The Kier molecular flexibility index (Phi) is 4.14. The van der Waals surface area contributed by atoms with Crippen LogP contribution in [0.5, 0.6) is 0 Å². The van der Waals surface area contributed by atoms with Crippen molar-refractivity contribution in [3.8, 4) is 0 Å². The van der Waals surface area contributed by atoms with Gasteiger partial charge in [-0.15, -0.1) is 11.3 Å². The van der Waals surface area contributed by atoms with Crippen LogP contribution in [0.25, 0.3) is 0 Å². The normalized spacial score (nSPS) is 19.3. The topological polar surface area (TPSA) is 24.9 Å². The Morgan fingerprint density at radius 1 is 1.33 bits per heavy atom. The Morgan fingerprint density at radius 2 is 2.14 bits per heavy atom. The summed E-state index contributed by atoms with van der Waals surface area (Å²) < 4.78 is 0. The first-order chi connectivity index (χ1) is 10.1. The van der Waals surface area contributed by atoms with Crippen molar-refractivity contribution in [2.24, 2.45) is 0 Å². The van der Waals surface area contributed by atoms with E-state index in [1.165, 1.54) is 36.0 Å². The van der Waals surface area contributed by atoms with Crippen molar-refractivity contribution in [1.82, 2.24) is 10.3 Å². The van der Waals surface area contributed by atoms with Crippen LogP contribution in [0.15, 0.2) is 17.5 Å². The zero-order valence-electron chi connectivity index (χ0n) is 13.4. The summed E-state index contributed by atoms with van der Waals surface area (Å²) in [6, 6.07) is 5.33. The second kappa shape index (κ2) is 5.90. The van der Waals surface area contributed by atoms with Crippen LogP contribution in [0, 0.1) is 20.8 Å². The van der Waals surface area contributed by atoms with Crippen molar-refractivity contribution in [1.29, 1.82) is 0 Å². The second-order valence-electron chi connectivity index (χ2n) is 6.21. The third-order valence-electron chi connectivity index (χ3n) is 4.52. The summed E-state index contributed by atoms with van der Waals surface area (Å²) in [6.45, 7) is 8.67. The summed E-state index contributed by atoms with van der Waals surface area (Å²) in [7, 11) is 0. The minimum Gasteiger partial charge on any atom is -0.303 e. The second-order valence-corrected chi connectivity index (χ2v) is 7.21. The summed E-state index contributed by atoms with van der Waals surface area (Å²) in [5.74, 6) is 0. The van der Waals surface area contributed by atoms with Crippen molar-refractivity contribution in [2.75, 3.05) is 0 Å². The van der Waals surface area contributed by atoms with E-state index in [1.54, 1.807) is 4.88 Å². The molecule has 1 N–H and O–H groups in total. The fourth-order valence-corrected chi connectivity index (χ4v) is 4.72. The molecule has 2 atom stereocenters. The van der Waals surface area contributed by atoms with E-state index in [1.807, 2.05) is 11.3 Å². The van der Waals surface area contributed by atoms with Gasteiger partial charge in [0.05, 0.1) is 0 Å². The zero-order valence-corrected chi connectivity index (χ0v) is 14.2. The maximum Gasteiger partial charge on any atom is 0.0426 e. The molecule has 21 heavy (non-hydrogen) atoms. The number of rotatable bonds is 3. The van der Waals surface area contributed by atoms with E-state index < -0.39 is 0 Å². The number of aromatic nitrogens is 1. The predicted molar refractivity (Wildman–Crippen MR) is 90.0 cm³/mol. The number of hydrogen-bond acceptors (Lipinski definition) is 3. The molecule has 1 aliphatic carbocycles. The van der Waals surface area contributed by atoms with Crippen LogP contribution in [0.3, 0.4) is 0 Å². The number of nitrogens with zero attached hydrogens (tertiary/aromatic N) is 1. The number of thiophene rings is 1. The lowest BCUT2D eigenvalue weighted by Crippen LogP contribution is -2.28. The van der Waals surface area contributed by atoms with Crippen molar-refractivity contribution < 1.29 is 0 Å².